The van der Waals surface area contributed by atoms with Gasteiger partial charge >= 0.3 is 12.2 Å². The maximum absolute atomic E-state index is 13.1. The van der Waals surface area contributed by atoms with Crippen LogP contribution in [0.4, 0.5) is 18.0 Å². The Morgan fingerprint density at radius 3 is 2.46 bits per heavy atom. The highest BCUT2D eigenvalue weighted by atomic mass is 19.4. The number of benzene rings is 1. The molecular formula is C15H18F3N3O3. The van der Waals surface area contributed by atoms with E-state index in [1.54, 1.807) is 0 Å². The second kappa shape index (κ2) is 7.08. The van der Waals surface area contributed by atoms with Gasteiger partial charge in [-0.1, -0.05) is 18.2 Å². The molecule has 1 aromatic rings. The van der Waals surface area contributed by atoms with Crippen LogP contribution < -0.4 is 10.6 Å². The minimum Gasteiger partial charge on any atom is -0.367 e. The quantitative estimate of drug-likeness (QED) is 0.870. The summed E-state index contributed by atoms with van der Waals surface area (Å²) in [6.07, 6.45) is -5.92. The largest absolute Gasteiger partial charge is 0.416 e. The van der Waals surface area contributed by atoms with Crippen molar-refractivity contribution in [1.82, 2.24) is 15.5 Å². The Labute approximate surface area is 137 Å². The van der Waals surface area contributed by atoms with Crippen LogP contribution in [-0.4, -0.2) is 50.1 Å². The molecule has 0 radical (unpaired) electrons. The molecular weight excluding hydrogens is 327 g/mol. The number of halogens is 3. The molecule has 2 N–H and O–H groups in total. The summed E-state index contributed by atoms with van der Waals surface area (Å²) in [5.74, 6) is -0.566. The predicted octanol–water partition coefficient (Wildman–Crippen LogP) is 1.53. The lowest BCUT2D eigenvalue weighted by Gasteiger charge is -2.41. The second-order valence-corrected chi connectivity index (χ2v) is 5.36. The Morgan fingerprint density at radius 1 is 1.29 bits per heavy atom. The Bertz CT molecular complexity index is 615. The second-order valence-electron chi connectivity index (χ2n) is 5.36. The number of nitrogens with zero attached hydrogens (tertiary/aromatic N) is 1. The van der Waals surface area contributed by atoms with Crippen LogP contribution in [0.1, 0.15) is 17.2 Å². The average Bonchev–Trinajstić information content (AvgIpc) is 2.50. The van der Waals surface area contributed by atoms with E-state index in [4.69, 9.17) is 4.74 Å². The number of amides is 3. The van der Waals surface area contributed by atoms with Gasteiger partial charge in [-0.3, -0.25) is 4.79 Å². The van der Waals surface area contributed by atoms with Crippen molar-refractivity contribution in [2.75, 3.05) is 27.2 Å². The zero-order chi connectivity index (χ0) is 17.9. The number of ether oxygens (including phenoxy) is 1. The smallest absolute Gasteiger partial charge is 0.367 e. The fraction of sp³-hybridized carbons (Fsp3) is 0.467. The Kier molecular flexibility index (Phi) is 5.33. The molecule has 9 heteroatoms. The number of urea groups is 1. The molecule has 1 saturated heterocycles. The summed E-state index contributed by atoms with van der Waals surface area (Å²) >= 11 is 0. The summed E-state index contributed by atoms with van der Waals surface area (Å²) in [4.78, 5) is 25.0. The van der Waals surface area contributed by atoms with Crippen LogP contribution in [0, 0.1) is 0 Å². The van der Waals surface area contributed by atoms with Gasteiger partial charge in [-0.05, 0) is 6.07 Å². The third-order valence-electron chi connectivity index (χ3n) is 3.76. The molecule has 132 valence electrons. The normalized spacial score (nSPS) is 16.3. The zero-order valence-corrected chi connectivity index (χ0v) is 13.2. The molecule has 3 amide bonds. The van der Waals surface area contributed by atoms with E-state index in [-0.39, 0.29) is 30.7 Å². The van der Waals surface area contributed by atoms with E-state index in [1.807, 2.05) is 0 Å². The van der Waals surface area contributed by atoms with Crippen LogP contribution in [0.25, 0.3) is 0 Å². The SMILES string of the molecule is CNC(=O)NC1CN(C(=O)C(OC)c2ccccc2C(F)(F)F)C1. The molecule has 0 bridgehead atoms. The summed E-state index contributed by atoms with van der Waals surface area (Å²) in [5.41, 5.74) is -1.12. The van der Waals surface area contributed by atoms with Gasteiger partial charge in [-0.25, -0.2) is 4.79 Å². The van der Waals surface area contributed by atoms with Gasteiger partial charge in [-0.15, -0.1) is 0 Å². The van der Waals surface area contributed by atoms with Crippen molar-refractivity contribution in [2.24, 2.45) is 0 Å². The Balaban J connectivity index is 2.11. The fourth-order valence-electron chi connectivity index (χ4n) is 2.52. The molecule has 0 saturated carbocycles. The lowest BCUT2D eigenvalue weighted by molar-refractivity contribution is -0.149. The topological polar surface area (TPSA) is 70.7 Å². The van der Waals surface area contributed by atoms with Gasteiger partial charge < -0.3 is 20.3 Å². The number of alkyl halides is 3. The van der Waals surface area contributed by atoms with Crippen LogP contribution in [0.15, 0.2) is 24.3 Å². The number of carbonyl (C=O) groups excluding carboxylic acids is 2. The van der Waals surface area contributed by atoms with E-state index in [2.05, 4.69) is 10.6 Å². The number of methoxy groups -OCH3 is 1. The molecule has 1 atom stereocenters. The molecule has 1 aromatic carbocycles. The summed E-state index contributed by atoms with van der Waals surface area (Å²) in [6, 6.07) is 4.23. The molecule has 1 heterocycles. The standard InChI is InChI=1S/C15H18F3N3O3/c1-19-14(23)20-9-7-21(8-9)13(22)12(24-2)10-5-3-4-6-11(10)15(16,17)18/h3-6,9,12H,7-8H2,1-2H3,(H2,19,20,23). The van der Waals surface area contributed by atoms with Crippen LogP contribution >= 0.6 is 0 Å². The molecule has 1 aliphatic rings. The van der Waals surface area contributed by atoms with Crippen molar-refractivity contribution in [2.45, 2.75) is 18.3 Å². The van der Waals surface area contributed by atoms with Crippen molar-refractivity contribution < 1.29 is 27.5 Å². The summed E-state index contributed by atoms with van der Waals surface area (Å²) in [5, 5.41) is 5.01. The molecule has 1 unspecified atom stereocenters. The van der Waals surface area contributed by atoms with Crippen LogP contribution in [0.2, 0.25) is 0 Å². The fourth-order valence-corrected chi connectivity index (χ4v) is 2.52. The van der Waals surface area contributed by atoms with Crippen LogP contribution in [-0.2, 0) is 15.7 Å². The monoisotopic (exact) mass is 345 g/mol. The van der Waals surface area contributed by atoms with E-state index < -0.39 is 23.8 Å². The molecule has 6 nitrogen and oxygen atoms in total. The first-order valence-electron chi connectivity index (χ1n) is 7.24. The lowest BCUT2D eigenvalue weighted by Crippen LogP contribution is -2.62. The van der Waals surface area contributed by atoms with Gasteiger partial charge in [0.15, 0.2) is 6.10 Å². The van der Waals surface area contributed by atoms with Crippen molar-refractivity contribution in [3.8, 4) is 0 Å². The molecule has 24 heavy (non-hydrogen) atoms. The minimum atomic E-state index is -4.58. The number of hydrogen-bond donors (Lipinski definition) is 2. The van der Waals surface area contributed by atoms with E-state index in [9.17, 15) is 22.8 Å². The van der Waals surface area contributed by atoms with Crippen LogP contribution in [0.3, 0.4) is 0 Å². The van der Waals surface area contributed by atoms with Crippen LogP contribution in [0.5, 0.6) is 0 Å². The van der Waals surface area contributed by atoms with Gasteiger partial charge in [-0.2, -0.15) is 13.2 Å². The van der Waals surface area contributed by atoms with Gasteiger partial charge in [0.05, 0.1) is 11.6 Å². The molecule has 0 aliphatic carbocycles. The van der Waals surface area contributed by atoms with Crippen molar-refractivity contribution in [3.63, 3.8) is 0 Å². The number of hydrogen-bond acceptors (Lipinski definition) is 3. The first-order chi connectivity index (χ1) is 11.3. The predicted molar refractivity (Wildman–Crippen MR) is 79.2 cm³/mol. The van der Waals surface area contributed by atoms with Gasteiger partial charge in [0.1, 0.15) is 0 Å². The highest BCUT2D eigenvalue weighted by Gasteiger charge is 2.40. The summed E-state index contributed by atoms with van der Waals surface area (Å²) in [6.45, 7) is 0.445. The number of likely N-dealkylation sites (tertiary alicyclic amines) is 1. The molecule has 1 fully saturated rings. The maximum atomic E-state index is 13.1. The van der Waals surface area contributed by atoms with Crippen molar-refractivity contribution in [3.05, 3.63) is 35.4 Å². The average molecular weight is 345 g/mol. The number of carbonyl (C=O) groups is 2. The highest BCUT2D eigenvalue weighted by Crippen LogP contribution is 2.36. The molecule has 0 aromatic heterocycles. The van der Waals surface area contributed by atoms with E-state index >= 15 is 0 Å². The molecule has 0 spiro atoms. The van der Waals surface area contributed by atoms with Gasteiger partial charge in [0, 0.05) is 32.8 Å². The zero-order valence-electron chi connectivity index (χ0n) is 13.2. The van der Waals surface area contributed by atoms with E-state index in [1.165, 1.54) is 37.3 Å². The summed E-state index contributed by atoms with van der Waals surface area (Å²) in [7, 11) is 2.65. The molecule has 2 rings (SSSR count). The first-order valence-corrected chi connectivity index (χ1v) is 7.24. The molecule has 1 aliphatic heterocycles. The minimum absolute atomic E-state index is 0.222. The number of rotatable bonds is 4. The summed E-state index contributed by atoms with van der Waals surface area (Å²) < 4.78 is 44.4. The third-order valence-corrected chi connectivity index (χ3v) is 3.76. The van der Waals surface area contributed by atoms with Gasteiger partial charge in [0.2, 0.25) is 0 Å². The third kappa shape index (κ3) is 3.78. The Hall–Kier alpha value is -2.29. The van der Waals surface area contributed by atoms with Gasteiger partial charge in [0.25, 0.3) is 5.91 Å². The van der Waals surface area contributed by atoms with Crippen molar-refractivity contribution >= 4 is 11.9 Å². The Morgan fingerprint density at radius 2 is 1.92 bits per heavy atom. The lowest BCUT2D eigenvalue weighted by atomic mass is 9.99. The first kappa shape index (κ1) is 18.1. The van der Waals surface area contributed by atoms with Crippen molar-refractivity contribution in [1.29, 1.82) is 0 Å². The van der Waals surface area contributed by atoms with E-state index in [0.29, 0.717) is 0 Å². The maximum Gasteiger partial charge on any atom is 0.416 e. The highest BCUT2D eigenvalue weighted by molar-refractivity contribution is 5.84. The van der Waals surface area contributed by atoms with E-state index in [0.717, 1.165) is 6.07 Å². The number of nitrogens with one attached hydrogen (secondary N) is 2.